The molecule has 112 valence electrons. The van der Waals surface area contributed by atoms with Crippen LogP contribution in [0.15, 0.2) is 23.1 Å². The van der Waals surface area contributed by atoms with Crippen molar-refractivity contribution in [2.75, 3.05) is 12.8 Å². The van der Waals surface area contributed by atoms with Crippen LogP contribution in [0.3, 0.4) is 0 Å². The SMILES string of the molecule is C#CCN(C(=O)c1cc(SC)ccc1Cl)C1CCCCC1. The number of hydrogen-bond acceptors (Lipinski definition) is 2. The predicted molar refractivity (Wildman–Crippen MR) is 90.0 cm³/mol. The minimum atomic E-state index is -0.0410. The Hall–Kier alpha value is -1.11. The number of rotatable bonds is 4. The summed E-state index contributed by atoms with van der Waals surface area (Å²) in [6, 6.07) is 5.82. The summed E-state index contributed by atoms with van der Waals surface area (Å²) in [6.07, 6.45) is 13.1. The Bertz CT molecular complexity index is 546. The van der Waals surface area contributed by atoms with Crippen LogP contribution in [0.5, 0.6) is 0 Å². The van der Waals surface area contributed by atoms with Gasteiger partial charge in [0.2, 0.25) is 0 Å². The van der Waals surface area contributed by atoms with Crippen LogP contribution < -0.4 is 0 Å². The van der Waals surface area contributed by atoms with Crippen molar-refractivity contribution in [2.45, 2.75) is 43.0 Å². The quantitative estimate of drug-likeness (QED) is 0.602. The Morgan fingerprint density at radius 2 is 2.14 bits per heavy atom. The smallest absolute Gasteiger partial charge is 0.256 e. The fourth-order valence-corrected chi connectivity index (χ4v) is 3.45. The Morgan fingerprint density at radius 1 is 1.43 bits per heavy atom. The zero-order valence-corrected chi connectivity index (χ0v) is 13.8. The number of carbonyl (C=O) groups is 1. The van der Waals surface area contributed by atoms with Crippen LogP contribution in [0.2, 0.25) is 5.02 Å². The van der Waals surface area contributed by atoms with Gasteiger partial charge in [0.1, 0.15) is 0 Å². The molecule has 0 spiro atoms. The number of benzene rings is 1. The Kier molecular flexibility index (Phi) is 6.02. The first-order valence-corrected chi connectivity index (χ1v) is 8.85. The molecule has 2 nitrogen and oxygen atoms in total. The van der Waals surface area contributed by atoms with Crippen LogP contribution in [0.25, 0.3) is 0 Å². The van der Waals surface area contributed by atoms with Gasteiger partial charge in [0.05, 0.1) is 17.1 Å². The molecule has 0 bridgehead atoms. The molecule has 1 amide bonds. The average molecular weight is 322 g/mol. The Morgan fingerprint density at radius 3 is 2.76 bits per heavy atom. The summed E-state index contributed by atoms with van der Waals surface area (Å²) in [5.74, 6) is 2.58. The highest BCUT2D eigenvalue weighted by Crippen LogP contribution is 2.28. The van der Waals surface area contributed by atoms with E-state index in [2.05, 4.69) is 5.92 Å². The van der Waals surface area contributed by atoms with Crippen LogP contribution in [-0.2, 0) is 0 Å². The molecule has 0 aliphatic heterocycles. The van der Waals surface area contributed by atoms with Gasteiger partial charge in [-0.3, -0.25) is 4.79 Å². The summed E-state index contributed by atoms with van der Waals surface area (Å²) in [4.78, 5) is 15.7. The van der Waals surface area contributed by atoms with Crippen molar-refractivity contribution in [3.8, 4) is 12.3 Å². The highest BCUT2D eigenvalue weighted by Gasteiger charge is 2.27. The number of halogens is 1. The number of nitrogens with zero attached hydrogens (tertiary/aromatic N) is 1. The number of carbonyl (C=O) groups excluding carboxylic acids is 1. The van der Waals surface area contributed by atoms with Gasteiger partial charge in [0.25, 0.3) is 5.91 Å². The van der Waals surface area contributed by atoms with E-state index in [9.17, 15) is 4.79 Å². The van der Waals surface area contributed by atoms with E-state index >= 15 is 0 Å². The van der Waals surface area contributed by atoms with Crippen LogP contribution in [0, 0.1) is 12.3 Å². The Balaban J connectivity index is 2.27. The summed E-state index contributed by atoms with van der Waals surface area (Å²) in [6.45, 7) is 0.351. The lowest BCUT2D eigenvalue weighted by atomic mass is 9.93. The van der Waals surface area contributed by atoms with E-state index in [0.29, 0.717) is 17.1 Å². The second kappa shape index (κ2) is 7.77. The molecular formula is C17H20ClNOS. The second-order valence-corrected chi connectivity index (χ2v) is 6.56. The first-order valence-electron chi connectivity index (χ1n) is 7.25. The molecule has 0 aromatic heterocycles. The van der Waals surface area contributed by atoms with Crippen LogP contribution in [0.4, 0.5) is 0 Å². The third-order valence-corrected chi connectivity index (χ3v) is 5.00. The third kappa shape index (κ3) is 3.96. The van der Waals surface area contributed by atoms with Crippen LogP contribution >= 0.6 is 23.4 Å². The summed E-state index contributed by atoms with van der Waals surface area (Å²) < 4.78 is 0. The van der Waals surface area contributed by atoms with Crippen molar-refractivity contribution < 1.29 is 4.79 Å². The number of thioether (sulfide) groups is 1. The molecule has 0 unspecified atom stereocenters. The standard InChI is InChI=1S/C17H20ClNOS/c1-3-11-19(13-7-5-4-6-8-13)17(20)15-12-14(21-2)9-10-16(15)18/h1,9-10,12-13H,4-8,11H2,2H3. The van der Waals surface area contributed by atoms with E-state index in [1.807, 2.05) is 23.3 Å². The lowest BCUT2D eigenvalue weighted by Crippen LogP contribution is -2.41. The van der Waals surface area contributed by atoms with Gasteiger partial charge < -0.3 is 4.90 Å². The zero-order chi connectivity index (χ0) is 15.2. The van der Waals surface area contributed by atoms with Crippen molar-refractivity contribution in [3.63, 3.8) is 0 Å². The van der Waals surface area contributed by atoms with Crippen molar-refractivity contribution >= 4 is 29.3 Å². The molecule has 1 saturated carbocycles. The van der Waals surface area contributed by atoms with E-state index in [1.165, 1.54) is 6.42 Å². The van der Waals surface area contributed by atoms with E-state index in [1.54, 1.807) is 17.8 Å². The molecule has 2 rings (SSSR count). The van der Waals surface area contributed by atoms with Gasteiger partial charge in [0, 0.05) is 10.9 Å². The molecule has 0 heterocycles. The van der Waals surface area contributed by atoms with Gasteiger partial charge >= 0.3 is 0 Å². The minimum Gasteiger partial charge on any atom is -0.324 e. The van der Waals surface area contributed by atoms with Gasteiger partial charge in [-0.15, -0.1) is 18.2 Å². The van der Waals surface area contributed by atoms with Gasteiger partial charge in [-0.05, 0) is 37.3 Å². The second-order valence-electron chi connectivity index (χ2n) is 5.27. The monoisotopic (exact) mass is 321 g/mol. The topological polar surface area (TPSA) is 20.3 Å². The highest BCUT2D eigenvalue weighted by molar-refractivity contribution is 7.98. The third-order valence-electron chi connectivity index (χ3n) is 3.94. The lowest BCUT2D eigenvalue weighted by molar-refractivity contribution is 0.0667. The summed E-state index contributed by atoms with van der Waals surface area (Å²) in [5, 5.41) is 0.496. The fraction of sp³-hybridized carbons (Fsp3) is 0.471. The Labute approximate surface area is 136 Å². The van der Waals surface area contributed by atoms with Gasteiger partial charge in [-0.1, -0.05) is 36.8 Å². The van der Waals surface area contributed by atoms with Crippen molar-refractivity contribution in [1.82, 2.24) is 4.90 Å². The van der Waals surface area contributed by atoms with Crippen molar-refractivity contribution in [2.24, 2.45) is 0 Å². The van der Waals surface area contributed by atoms with Gasteiger partial charge in [-0.2, -0.15) is 0 Å². The summed E-state index contributed by atoms with van der Waals surface area (Å²) in [7, 11) is 0. The largest absolute Gasteiger partial charge is 0.324 e. The molecule has 1 aromatic carbocycles. The summed E-state index contributed by atoms with van der Waals surface area (Å²) in [5.41, 5.74) is 0.560. The van der Waals surface area contributed by atoms with E-state index in [4.69, 9.17) is 18.0 Å². The fourth-order valence-electron chi connectivity index (χ4n) is 2.81. The molecule has 1 aromatic rings. The van der Waals surface area contributed by atoms with E-state index < -0.39 is 0 Å². The molecule has 0 atom stereocenters. The first-order chi connectivity index (χ1) is 10.2. The number of hydrogen-bond donors (Lipinski definition) is 0. The first kappa shape index (κ1) is 16.3. The summed E-state index contributed by atoms with van der Waals surface area (Å²) >= 11 is 7.82. The zero-order valence-electron chi connectivity index (χ0n) is 12.3. The van der Waals surface area contributed by atoms with Crippen molar-refractivity contribution in [1.29, 1.82) is 0 Å². The number of amides is 1. The molecule has 21 heavy (non-hydrogen) atoms. The van der Waals surface area contributed by atoms with Gasteiger partial charge in [-0.25, -0.2) is 0 Å². The van der Waals surface area contributed by atoms with E-state index in [0.717, 1.165) is 30.6 Å². The predicted octanol–water partition coefficient (Wildman–Crippen LogP) is 4.47. The molecule has 1 aliphatic rings. The maximum atomic E-state index is 12.9. The van der Waals surface area contributed by atoms with Crippen LogP contribution in [-0.4, -0.2) is 29.6 Å². The maximum Gasteiger partial charge on any atom is 0.256 e. The molecule has 0 N–H and O–H groups in total. The molecule has 1 aliphatic carbocycles. The molecule has 4 heteroatoms. The maximum absolute atomic E-state index is 12.9. The molecule has 0 saturated heterocycles. The molecule has 1 fully saturated rings. The minimum absolute atomic E-state index is 0.0410. The van der Waals surface area contributed by atoms with Crippen LogP contribution in [0.1, 0.15) is 42.5 Å². The highest BCUT2D eigenvalue weighted by atomic mass is 35.5. The molecule has 0 radical (unpaired) electrons. The lowest BCUT2D eigenvalue weighted by Gasteiger charge is -2.33. The van der Waals surface area contributed by atoms with Crippen molar-refractivity contribution in [3.05, 3.63) is 28.8 Å². The number of terminal acetylenes is 1. The average Bonchev–Trinajstić information content (AvgIpc) is 2.53. The normalized spacial score (nSPS) is 15.5. The molecular weight excluding hydrogens is 302 g/mol. The van der Waals surface area contributed by atoms with Gasteiger partial charge in [0.15, 0.2) is 0 Å². The van der Waals surface area contributed by atoms with E-state index in [-0.39, 0.29) is 11.9 Å².